The zero-order chi connectivity index (χ0) is 24.1. The predicted molar refractivity (Wildman–Crippen MR) is 129 cm³/mol. The van der Waals surface area contributed by atoms with Gasteiger partial charge >= 0.3 is 0 Å². The minimum Gasteiger partial charge on any atom is -0.497 e. The lowest BCUT2D eigenvalue weighted by Crippen LogP contribution is -2.26. The zero-order valence-corrected chi connectivity index (χ0v) is 18.6. The summed E-state index contributed by atoms with van der Waals surface area (Å²) in [6.45, 7) is 3.76. The number of nitrogens with zero attached hydrogens (tertiary/aromatic N) is 3. The number of rotatable bonds is 9. The summed E-state index contributed by atoms with van der Waals surface area (Å²) in [5.41, 5.74) is 1.67. The fourth-order valence-electron chi connectivity index (χ4n) is 4.10. The van der Waals surface area contributed by atoms with E-state index in [0.717, 1.165) is 5.69 Å². The van der Waals surface area contributed by atoms with Crippen LogP contribution in [0.4, 0.5) is 0 Å². The van der Waals surface area contributed by atoms with Crippen molar-refractivity contribution in [3.8, 4) is 11.4 Å². The van der Waals surface area contributed by atoms with E-state index in [4.69, 9.17) is 4.74 Å². The summed E-state index contributed by atoms with van der Waals surface area (Å²) in [5.74, 6) is -1.51. The highest BCUT2D eigenvalue weighted by Gasteiger charge is 2.40. The van der Waals surface area contributed by atoms with Crippen molar-refractivity contribution in [2.75, 3.05) is 7.11 Å². The number of nitro groups is 1. The van der Waals surface area contributed by atoms with E-state index in [0.29, 0.717) is 16.9 Å². The Bertz CT molecular complexity index is 1320. The normalized spacial score (nSPS) is 12.5. The van der Waals surface area contributed by atoms with Gasteiger partial charge in [-0.25, -0.2) is 4.98 Å². The van der Waals surface area contributed by atoms with E-state index in [9.17, 15) is 14.9 Å². The molecule has 2 unspecified atom stereocenters. The molecule has 1 aromatic heterocycles. The molecule has 2 atom stereocenters. The van der Waals surface area contributed by atoms with E-state index in [1.54, 1.807) is 65.5 Å². The van der Waals surface area contributed by atoms with E-state index < -0.39 is 16.8 Å². The van der Waals surface area contributed by atoms with Crippen molar-refractivity contribution >= 4 is 5.78 Å². The molecule has 0 aliphatic carbocycles. The molecule has 4 aromatic rings. The molecule has 0 saturated heterocycles. The molecule has 0 fully saturated rings. The van der Waals surface area contributed by atoms with Gasteiger partial charge in [-0.05, 0) is 42.0 Å². The average molecular weight is 453 g/mol. The summed E-state index contributed by atoms with van der Waals surface area (Å²) < 4.78 is 7.03. The Morgan fingerprint density at radius 2 is 1.62 bits per heavy atom. The molecule has 0 radical (unpaired) electrons. The lowest BCUT2D eigenvalue weighted by Gasteiger charge is -2.25. The van der Waals surface area contributed by atoms with Crippen molar-refractivity contribution in [2.24, 2.45) is 0 Å². The topological polar surface area (TPSA) is 87.3 Å². The molecule has 0 aliphatic heterocycles. The highest BCUT2D eigenvalue weighted by Crippen LogP contribution is 2.41. The van der Waals surface area contributed by atoms with Crippen LogP contribution in [0.3, 0.4) is 0 Å². The molecule has 0 spiro atoms. The largest absolute Gasteiger partial charge is 0.497 e. The van der Waals surface area contributed by atoms with Crippen molar-refractivity contribution in [1.29, 1.82) is 0 Å². The molecule has 0 N–H and O–H groups in total. The summed E-state index contributed by atoms with van der Waals surface area (Å²) in [7, 11) is 1.52. The van der Waals surface area contributed by atoms with Crippen LogP contribution in [0.15, 0.2) is 110 Å². The maximum atomic E-state index is 14.1. The Balaban J connectivity index is 1.90. The number of carbonyl (C=O) groups is 1. The van der Waals surface area contributed by atoms with Crippen molar-refractivity contribution in [1.82, 2.24) is 9.55 Å². The van der Waals surface area contributed by atoms with Crippen molar-refractivity contribution in [3.05, 3.63) is 137 Å². The number of ketones is 1. The lowest BCUT2D eigenvalue weighted by atomic mass is 9.77. The van der Waals surface area contributed by atoms with Gasteiger partial charge in [-0.1, -0.05) is 60.7 Å². The van der Waals surface area contributed by atoms with Gasteiger partial charge in [0, 0.05) is 18.1 Å². The van der Waals surface area contributed by atoms with E-state index in [-0.39, 0.29) is 17.3 Å². The first-order valence-corrected chi connectivity index (χ1v) is 10.7. The van der Waals surface area contributed by atoms with Crippen LogP contribution in [-0.2, 0) is 0 Å². The molecular weight excluding hydrogens is 430 g/mol. The number of benzene rings is 3. The molecule has 34 heavy (non-hydrogen) atoms. The van der Waals surface area contributed by atoms with E-state index in [1.165, 1.54) is 7.11 Å². The first-order valence-electron chi connectivity index (χ1n) is 10.7. The number of carbonyl (C=O) groups excluding carboxylic acids is 1. The second-order valence-corrected chi connectivity index (χ2v) is 7.71. The van der Waals surface area contributed by atoms with Crippen molar-refractivity contribution < 1.29 is 14.5 Å². The SMILES string of the molecule is C=C(C(c1cccc(OC)c1)C(C(=O)c1nccn1-c1ccccc1)c1ccccc1)[N+](=O)[O-]. The molecule has 0 bridgehead atoms. The van der Waals surface area contributed by atoms with Gasteiger partial charge in [0.15, 0.2) is 5.82 Å². The fraction of sp³-hybridized carbons (Fsp3) is 0.111. The smallest absolute Gasteiger partial charge is 0.247 e. The molecule has 1 heterocycles. The summed E-state index contributed by atoms with van der Waals surface area (Å²) in [6, 6.07) is 25.3. The van der Waals surface area contributed by atoms with E-state index in [2.05, 4.69) is 11.6 Å². The first-order chi connectivity index (χ1) is 16.5. The Kier molecular flexibility index (Phi) is 6.64. The van der Waals surface area contributed by atoms with Crippen LogP contribution in [0, 0.1) is 10.1 Å². The van der Waals surface area contributed by atoms with Gasteiger partial charge in [0.1, 0.15) is 5.75 Å². The van der Waals surface area contributed by atoms with Gasteiger partial charge in [-0.3, -0.25) is 19.5 Å². The average Bonchev–Trinajstić information content (AvgIpc) is 3.37. The second-order valence-electron chi connectivity index (χ2n) is 7.71. The third-order valence-electron chi connectivity index (χ3n) is 5.72. The summed E-state index contributed by atoms with van der Waals surface area (Å²) in [5, 5.41) is 11.9. The Morgan fingerprint density at radius 1 is 0.971 bits per heavy atom. The number of hydrogen-bond acceptors (Lipinski definition) is 5. The maximum Gasteiger partial charge on any atom is 0.247 e. The Morgan fingerprint density at radius 3 is 2.26 bits per heavy atom. The number of imidazole rings is 1. The van der Waals surface area contributed by atoms with Gasteiger partial charge in [0.25, 0.3) is 0 Å². The summed E-state index contributed by atoms with van der Waals surface area (Å²) in [6.07, 6.45) is 3.25. The standard InChI is InChI=1S/C27H23N3O4/c1-19(30(32)33)24(21-12-9-15-23(18-21)34-2)25(20-10-5-3-6-11-20)26(31)27-28-16-17-29(27)22-13-7-4-8-14-22/h3-18,24-25H,1H2,2H3. The number of hydrogen-bond donors (Lipinski definition) is 0. The zero-order valence-electron chi connectivity index (χ0n) is 18.6. The first kappa shape index (κ1) is 22.7. The molecule has 4 rings (SSSR count). The lowest BCUT2D eigenvalue weighted by molar-refractivity contribution is -0.429. The number of para-hydroxylation sites is 1. The van der Waals surface area contributed by atoms with Gasteiger partial charge < -0.3 is 4.74 Å². The monoisotopic (exact) mass is 453 g/mol. The van der Waals surface area contributed by atoms with E-state index in [1.807, 2.05) is 36.4 Å². The molecule has 7 heteroatoms. The van der Waals surface area contributed by atoms with Gasteiger partial charge in [-0.2, -0.15) is 0 Å². The van der Waals surface area contributed by atoms with Crippen molar-refractivity contribution in [2.45, 2.75) is 11.8 Å². The van der Waals surface area contributed by atoms with Crippen LogP contribution in [0.1, 0.15) is 33.6 Å². The number of Topliss-reactive ketones (excluding diaryl/α,β-unsaturated/α-hetero) is 1. The van der Waals surface area contributed by atoms with Crippen LogP contribution < -0.4 is 4.74 Å². The van der Waals surface area contributed by atoms with E-state index >= 15 is 0 Å². The number of ether oxygens (including phenoxy) is 1. The Hall–Kier alpha value is -4.52. The quantitative estimate of drug-likeness (QED) is 0.192. The summed E-state index contributed by atoms with van der Waals surface area (Å²) >= 11 is 0. The fourth-order valence-corrected chi connectivity index (χ4v) is 4.10. The van der Waals surface area contributed by atoms with Crippen molar-refractivity contribution in [3.63, 3.8) is 0 Å². The minimum absolute atomic E-state index is 0.184. The molecule has 0 amide bonds. The second kappa shape index (κ2) is 9.95. The summed E-state index contributed by atoms with van der Waals surface area (Å²) in [4.78, 5) is 29.9. The molecule has 170 valence electrons. The third kappa shape index (κ3) is 4.49. The molecule has 0 aliphatic rings. The number of aromatic nitrogens is 2. The van der Waals surface area contributed by atoms with Gasteiger partial charge in [0.2, 0.25) is 11.5 Å². The molecule has 3 aromatic carbocycles. The highest BCUT2D eigenvalue weighted by atomic mass is 16.6. The van der Waals surface area contributed by atoms with Gasteiger partial charge in [0.05, 0.1) is 23.9 Å². The highest BCUT2D eigenvalue weighted by molar-refractivity contribution is 5.99. The Labute approximate surface area is 197 Å². The number of allylic oxidation sites excluding steroid dienone is 1. The molecular formula is C27H23N3O4. The molecule has 0 saturated carbocycles. The third-order valence-corrected chi connectivity index (χ3v) is 5.72. The predicted octanol–water partition coefficient (Wildman–Crippen LogP) is 5.42. The van der Waals surface area contributed by atoms with Crippen LogP contribution in [0.5, 0.6) is 5.75 Å². The molecule has 7 nitrogen and oxygen atoms in total. The van der Waals surface area contributed by atoms with Crippen LogP contribution in [-0.4, -0.2) is 27.4 Å². The number of methoxy groups -OCH3 is 1. The van der Waals surface area contributed by atoms with Gasteiger partial charge in [-0.15, -0.1) is 0 Å². The minimum atomic E-state index is -0.944. The van der Waals surface area contributed by atoms with Crippen LogP contribution >= 0.6 is 0 Å². The van der Waals surface area contributed by atoms with Crippen LogP contribution in [0.25, 0.3) is 5.69 Å². The maximum absolute atomic E-state index is 14.1. The van der Waals surface area contributed by atoms with Crippen LogP contribution in [0.2, 0.25) is 0 Å².